The standard InChI is InChI=1S/C22H21ClN4O2/c1-14-11-19(14)22(29)25-18-4-2-3-16(12-18)21(28)26-20-9-10-24-27(20)13-15-5-7-17(23)8-6-15/h2-10,12,14,19H,11,13H2,1H3,(H,25,29)(H,26,28). The van der Waals surface area contributed by atoms with Gasteiger partial charge in [-0.1, -0.05) is 36.7 Å². The molecule has 1 aliphatic carbocycles. The summed E-state index contributed by atoms with van der Waals surface area (Å²) in [7, 11) is 0. The first kappa shape index (κ1) is 19.2. The summed E-state index contributed by atoms with van der Waals surface area (Å²) in [6.07, 6.45) is 2.56. The second-order valence-corrected chi connectivity index (χ2v) is 7.78. The highest BCUT2D eigenvalue weighted by Gasteiger charge is 2.39. The zero-order valence-electron chi connectivity index (χ0n) is 15.9. The fourth-order valence-corrected chi connectivity index (χ4v) is 3.30. The monoisotopic (exact) mass is 408 g/mol. The van der Waals surface area contributed by atoms with Gasteiger partial charge in [0.15, 0.2) is 0 Å². The summed E-state index contributed by atoms with van der Waals surface area (Å²) in [4.78, 5) is 24.8. The van der Waals surface area contributed by atoms with E-state index in [9.17, 15) is 9.59 Å². The van der Waals surface area contributed by atoms with Crippen molar-refractivity contribution in [2.24, 2.45) is 11.8 Å². The molecule has 1 saturated carbocycles. The lowest BCUT2D eigenvalue weighted by molar-refractivity contribution is -0.117. The van der Waals surface area contributed by atoms with E-state index in [2.05, 4.69) is 22.7 Å². The molecule has 4 rings (SSSR count). The first-order chi connectivity index (χ1) is 14.0. The van der Waals surface area contributed by atoms with Gasteiger partial charge in [-0.2, -0.15) is 5.10 Å². The zero-order valence-corrected chi connectivity index (χ0v) is 16.7. The summed E-state index contributed by atoms with van der Waals surface area (Å²) >= 11 is 5.93. The summed E-state index contributed by atoms with van der Waals surface area (Å²) in [6.45, 7) is 2.57. The smallest absolute Gasteiger partial charge is 0.256 e. The van der Waals surface area contributed by atoms with Crippen LogP contribution >= 0.6 is 11.6 Å². The summed E-state index contributed by atoms with van der Waals surface area (Å²) < 4.78 is 1.71. The maximum absolute atomic E-state index is 12.7. The van der Waals surface area contributed by atoms with Gasteiger partial charge in [-0.3, -0.25) is 9.59 Å². The number of aromatic nitrogens is 2. The first-order valence-corrected chi connectivity index (χ1v) is 9.86. The quantitative estimate of drug-likeness (QED) is 0.633. The van der Waals surface area contributed by atoms with Gasteiger partial charge >= 0.3 is 0 Å². The molecule has 1 fully saturated rings. The number of carbonyl (C=O) groups is 2. The molecule has 2 unspecified atom stereocenters. The number of amides is 2. The number of carbonyl (C=O) groups excluding carboxylic acids is 2. The van der Waals surface area contributed by atoms with Gasteiger partial charge in [0.1, 0.15) is 5.82 Å². The van der Waals surface area contributed by atoms with Gasteiger partial charge in [0.2, 0.25) is 5.91 Å². The number of nitrogens with one attached hydrogen (secondary N) is 2. The lowest BCUT2D eigenvalue weighted by Gasteiger charge is -2.10. The van der Waals surface area contributed by atoms with E-state index >= 15 is 0 Å². The Morgan fingerprint density at radius 1 is 1.14 bits per heavy atom. The topological polar surface area (TPSA) is 76.0 Å². The lowest BCUT2D eigenvalue weighted by atomic mass is 10.2. The molecule has 7 heteroatoms. The van der Waals surface area contributed by atoms with E-state index in [0.29, 0.717) is 34.6 Å². The van der Waals surface area contributed by atoms with Crippen LogP contribution in [0.1, 0.15) is 29.3 Å². The van der Waals surface area contributed by atoms with Crippen LogP contribution in [0.25, 0.3) is 0 Å². The first-order valence-electron chi connectivity index (χ1n) is 9.48. The van der Waals surface area contributed by atoms with Crippen LogP contribution in [0.3, 0.4) is 0 Å². The van der Waals surface area contributed by atoms with Gasteiger partial charge in [-0.05, 0) is 48.2 Å². The second-order valence-electron chi connectivity index (χ2n) is 7.34. The summed E-state index contributed by atoms with van der Waals surface area (Å²) in [6, 6.07) is 16.2. The van der Waals surface area contributed by atoms with Crippen LogP contribution in [0.5, 0.6) is 0 Å². The Morgan fingerprint density at radius 3 is 2.62 bits per heavy atom. The van der Waals surface area contributed by atoms with Crippen molar-refractivity contribution >= 4 is 34.9 Å². The number of halogens is 1. The van der Waals surface area contributed by atoms with E-state index in [0.717, 1.165) is 12.0 Å². The van der Waals surface area contributed by atoms with E-state index in [1.807, 2.05) is 24.3 Å². The summed E-state index contributed by atoms with van der Waals surface area (Å²) in [5.74, 6) is 0.846. The molecule has 0 aliphatic heterocycles. The van der Waals surface area contributed by atoms with Crippen molar-refractivity contribution in [3.63, 3.8) is 0 Å². The van der Waals surface area contributed by atoms with Crippen LogP contribution in [-0.4, -0.2) is 21.6 Å². The molecule has 2 amide bonds. The molecule has 29 heavy (non-hydrogen) atoms. The third-order valence-electron chi connectivity index (χ3n) is 5.04. The number of rotatable bonds is 6. The number of nitrogens with zero attached hydrogens (tertiary/aromatic N) is 2. The minimum absolute atomic E-state index is 0.0103. The van der Waals surface area contributed by atoms with Crippen LogP contribution in [0, 0.1) is 11.8 Å². The van der Waals surface area contributed by atoms with Crippen LogP contribution in [0.2, 0.25) is 5.02 Å². The number of hydrogen-bond donors (Lipinski definition) is 2. The van der Waals surface area contributed by atoms with Gasteiger partial charge in [-0.25, -0.2) is 4.68 Å². The van der Waals surface area contributed by atoms with Crippen molar-refractivity contribution in [1.29, 1.82) is 0 Å². The Balaban J connectivity index is 1.43. The van der Waals surface area contributed by atoms with Crippen molar-refractivity contribution in [1.82, 2.24) is 9.78 Å². The van der Waals surface area contributed by atoms with Gasteiger partial charge in [0.25, 0.3) is 5.91 Å². The Bertz CT molecular complexity index is 1040. The van der Waals surface area contributed by atoms with Gasteiger partial charge in [-0.15, -0.1) is 0 Å². The predicted octanol–water partition coefficient (Wildman–Crippen LogP) is 4.43. The summed E-state index contributed by atoms with van der Waals surface area (Å²) in [5.41, 5.74) is 2.11. The van der Waals surface area contributed by atoms with E-state index in [-0.39, 0.29) is 17.7 Å². The van der Waals surface area contributed by atoms with Crippen molar-refractivity contribution in [2.45, 2.75) is 19.9 Å². The molecule has 0 saturated heterocycles. The van der Waals surface area contributed by atoms with E-state index in [1.165, 1.54) is 0 Å². The minimum Gasteiger partial charge on any atom is -0.326 e. The summed E-state index contributed by atoms with van der Waals surface area (Å²) in [5, 5.41) is 10.7. The number of benzene rings is 2. The maximum Gasteiger partial charge on any atom is 0.256 e. The van der Waals surface area contributed by atoms with Crippen LogP contribution in [0.15, 0.2) is 60.8 Å². The van der Waals surface area contributed by atoms with E-state index in [1.54, 1.807) is 41.2 Å². The highest BCUT2D eigenvalue weighted by Crippen LogP contribution is 2.38. The Kier molecular flexibility index (Phi) is 5.36. The molecular weight excluding hydrogens is 388 g/mol. The number of anilines is 2. The van der Waals surface area contributed by atoms with Crippen molar-refractivity contribution in [3.8, 4) is 0 Å². The lowest BCUT2D eigenvalue weighted by Crippen LogP contribution is -2.17. The molecule has 148 valence electrons. The third-order valence-corrected chi connectivity index (χ3v) is 5.29. The van der Waals surface area contributed by atoms with Crippen molar-refractivity contribution < 1.29 is 9.59 Å². The van der Waals surface area contributed by atoms with Crippen molar-refractivity contribution in [2.75, 3.05) is 10.6 Å². The Morgan fingerprint density at radius 2 is 1.90 bits per heavy atom. The fourth-order valence-electron chi connectivity index (χ4n) is 3.18. The molecule has 2 atom stereocenters. The second kappa shape index (κ2) is 8.09. The maximum atomic E-state index is 12.7. The molecule has 0 spiro atoms. The molecule has 3 aromatic rings. The highest BCUT2D eigenvalue weighted by molar-refractivity contribution is 6.30. The molecule has 1 heterocycles. The van der Waals surface area contributed by atoms with Crippen LogP contribution < -0.4 is 10.6 Å². The molecule has 2 N–H and O–H groups in total. The fraction of sp³-hybridized carbons (Fsp3) is 0.227. The predicted molar refractivity (Wildman–Crippen MR) is 113 cm³/mol. The number of hydrogen-bond acceptors (Lipinski definition) is 3. The van der Waals surface area contributed by atoms with Crippen molar-refractivity contribution in [3.05, 3.63) is 76.9 Å². The molecule has 1 aliphatic rings. The van der Waals surface area contributed by atoms with Crippen LogP contribution in [-0.2, 0) is 11.3 Å². The van der Waals surface area contributed by atoms with Gasteiger partial charge in [0.05, 0.1) is 12.7 Å². The van der Waals surface area contributed by atoms with Crippen LogP contribution in [0.4, 0.5) is 11.5 Å². The Labute approximate surface area is 173 Å². The zero-order chi connectivity index (χ0) is 20.4. The molecule has 1 aromatic heterocycles. The third kappa shape index (κ3) is 4.66. The molecule has 0 bridgehead atoms. The highest BCUT2D eigenvalue weighted by atomic mass is 35.5. The molecule has 2 aromatic carbocycles. The SMILES string of the molecule is CC1CC1C(=O)Nc1cccc(C(=O)Nc2ccnn2Cc2ccc(Cl)cc2)c1. The van der Waals surface area contributed by atoms with Gasteiger partial charge < -0.3 is 10.6 Å². The van der Waals surface area contributed by atoms with E-state index in [4.69, 9.17) is 11.6 Å². The molecular formula is C22H21ClN4O2. The normalized spacial score (nSPS) is 17.6. The van der Waals surface area contributed by atoms with Gasteiger partial charge in [0, 0.05) is 28.3 Å². The molecule has 6 nitrogen and oxygen atoms in total. The average Bonchev–Trinajstić information content (AvgIpc) is 3.30. The minimum atomic E-state index is -0.265. The largest absolute Gasteiger partial charge is 0.326 e. The Hall–Kier alpha value is -3.12. The molecule has 0 radical (unpaired) electrons. The average molecular weight is 409 g/mol. The van der Waals surface area contributed by atoms with E-state index < -0.39 is 0 Å².